The van der Waals surface area contributed by atoms with Crippen molar-refractivity contribution < 1.29 is 23.8 Å². The summed E-state index contributed by atoms with van der Waals surface area (Å²) in [6, 6.07) is 18.2. The number of hydrazone groups is 1. The minimum Gasteiger partial charge on any atom is -0.494 e. The van der Waals surface area contributed by atoms with Gasteiger partial charge in [-0.15, -0.1) is 0 Å². The van der Waals surface area contributed by atoms with Crippen LogP contribution < -0.4 is 14.9 Å². The van der Waals surface area contributed by atoms with E-state index in [2.05, 4.69) is 10.5 Å². The normalized spacial score (nSPS) is 10.8. The van der Waals surface area contributed by atoms with Crippen LogP contribution in [0.1, 0.15) is 36.2 Å². The van der Waals surface area contributed by atoms with Gasteiger partial charge >= 0.3 is 5.97 Å². The number of hydrogen-bond acceptors (Lipinski definition) is 6. The molecule has 3 aromatic carbocycles. The highest BCUT2D eigenvalue weighted by Gasteiger charge is 2.11. The van der Waals surface area contributed by atoms with Gasteiger partial charge in [0.2, 0.25) is 0 Å². The van der Waals surface area contributed by atoms with Crippen LogP contribution in [0.3, 0.4) is 0 Å². The van der Waals surface area contributed by atoms with E-state index in [1.807, 2.05) is 37.3 Å². The van der Waals surface area contributed by atoms with Crippen molar-refractivity contribution in [1.82, 2.24) is 5.43 Å². The van der Waals surface area contributed by atoms with Crippen molar-refractivity contribution in [3.8, 4) is 11.5 Å². The standard InChI is InChI=1S/C25H26N2O5/c1-3-15-31-20-12-9-19(10-13-20)25(29)27-26-16-22-21-8-6-5-7-18(21)11-14-23(22)32-17-24(28)30-4-2/h5-14,16H,3-4,15,17H2,1-2H3,(H,27,29)/b26-16-. The molecule has 166 valence electrons. The third kappa shape index (κ3) is 6.07. The van der Waals surface area contributed by atoms with Crippen molar-refractivity contribution in [3.63, 3.8) is 0 Å². The molecule has 1 amide bonds. The first-order valence-corrected chi connectivity index (χ1v) is 10.5. The zero-order valence-corrected chi connectivity index (χ0v) is 18.2. The molecule has 0 saturated carbocycles. The second-order valence-corrected chi connectivity index (χ2v) is 6.86. The Morgan fingerprint density at radius 2 is 1.75 bits per heavy atom. The lowest BCUT2D eigenvalue weighted by atomic mass is 10.0. The number of carbonyl (C=O) groups is 2. The summed E-state index contributed by atoms with van der Waals surface area (Å²) in [5.74, 6) is 0.374. The Balaban J connectivity index is 1.75. The van der Waals surface area contributed by atoms with Crippen LogP contribution in [0.4, 0.5) is 0 Å². The largest absolute Gasteiger partial charge is 0.494 e. The second-order valence-electron chi connectivity index (χ2n) is 6.86. The summed E-state index contributed by atoms with van der Waals surface area (Å²) >= 11 is 0. The molecule has 1 N–H and O–H groups in total. The Morgan fingerprint density at radius 1 is 0.969 bits per heavy atom. The summed E-state index contributed by atoms with van der Waals surface area (Å²) in [5, 5.41) is 5.97. The number of fused-ring (bicyclic) bond motifs is 1. The lowest BCUT2D eigenvalue weighted by Crippen LogP contribution is -2.18. The van der Waals surface area contributed by atoms with Gasteiger partial charge in [0.15, 0.2) is 6.61 Å². The maximum Gasteiger partial charge on any atom is 0.344 e. The molecule has 32 heavy (non-hydrogen) atoms. The SMILES string of the molecule is CCCOc1ccc(C(=O)N/N=C\c2c(OCC(=O)OCC)ccc3ccccc23)cc1. The first-order valence-electron chi connectivity index (χ1n) is 10.5. The summed E-state index contributed by atoms with van der Waals surface area (Å²) in [5.41, 5.74) is 3.64. The predicted octanol–water partition coefficient (Wildman–Crippen LogP) is 4.33. The first-order chi connectivity index (χ1) is 15.6. The summed E-state index contributed by atoms with van der Waals surface area (Å²) in [7, 11) is 0. The highest BCUT2D eigenvalue weighted by Crippen LogP contribution is 2.26. The molecule has 0 bridgehead atoms. The monoisotopic (exact) mass is 434 g/mol. The molecule has 0 aliphatic carbocycles. The number of nitrogens with one attached hydrogen (secondary N) is 1. The fourth-order valence-electron chi connectivity index (χ4n) is 3.02. The van der Waals surface area contributed by atoms with E-state index in [4.69, 9.17) is 14.2 Å². The van der Waals surface area contributed by atoms with E-state index in [9.17, 15) is 9.59 Å². The highest BCUT2D eigenvalue weighted by molar-refractivity contribution is 6.03. The number of carbonyl (C=O) groups excluding carboxylic acids is 2. The molecule has 0 radical (unpaired) electrons. The van der Waals surface area contributed by atoms with Crippen molar-refractivity contribution in [2.24, 2.45) is 5.10 Å². The smallest absolute Gasteiger partial charge is 0.344 e. The van der Waals surface area contributed by atoms with Gasteiger partial charge in [-0.05, 0) is 54.4 Å². The average Bonchev–Trinajstić information content (AvgIpc) is 2.82. The molecule has 7 heteroatoms. The highest BCUT2D eigenvalue weighted by atomic mass is 16.6. The van der Waals surface area contributed by atoms with Crippen LogP contribution in [-0.2, 0) is 9.53 Å². The van der Waals surface area contributed by atoms with Crippen LogP contribution in [0.2, 0.25) is 0 Å². The molecule has 0 spiro atoms. The van der Waals surface area contributed by atoms with Gasteiger partial charge < -0.3 is 14.2 Å². The minimum absolute atomic E-state index is 0.216. The summed E-state index contributed by atoms with van der Waals surface area (Å²) < 4.78 is 16.1. The van der Waals surface area contributed by atoms with Crippen molar-refractivity contribution in [2.45, 2.75) is 20.3 Å². The minimum atomic E-state index is -0.455. The molecule has 7 nitrogen and oxygen atoms in total. The lowest BCUT2D eigenvalue weighted by molar-refractivity contribution is -0.145. The Bertz CT molecular complexity index is 1090. The molecule has 0 atom stereocenters. The van der Waals surface area contributed by atoms with E-state index < -0.39 is 5.97 Å². The van der Waals surface area contributed by atoms with Crippen molar-refractivity contribution in [2.75, 3.05) is 19.8 Å². The number of hydrogen-bond donors (Lipinski definition) is 1. The van der Waals surface area contributed by atoms with E-state index in [1.165, 1.54) is 6.21 Å². The van der Waals surface area contributed by atoms with Gasteiger partial charge in [0, 0.05) is 11.1 Å². The Labute approximate surface area is 187 Å². The third-order valence-electron chi connectivity index (χ3n) is 4.53. The number of esters is 1. The third-order valence-corrected chi connectivity index (χ3v) is 4.53. The van der Waals surface area contributed by atoms with Crippen LogP contribution >= 0.6 is 0 Å². The van der Waals surface area contributed by atoms with E-state index in [0.717, 1.165) is 17.2 Å². The lowest BCUT2D eigenvalue weighted by Gasteiger charge is -2.11. The molecule has 3 aromatic rings. The topological polar surface area (TPSA) is 86.2 Å². The Hall–Kier alpha value is -3.87. The van der Waals surface area contributed by atoms with Gasteiger partial charge in [-0.25, -0.2) is 10.2 Å². The fourth-order valence-corrected chi connectivity index (χ4v) is 3.02. The first kappa shape index (κ1) is 22.8. The van der Waals surface area contributed by atoms with Crippen molar-refractivity contribution in [3.05, 3.63) is 71.8 Å². The summed E-state index contributed by atoms with van der Waals surface area (Å²) in [4.78, 5) is 24.1. The van der Waals surface area contributed by atoms with E-state index >= 15 is 0 Å². The molecule has 0 heterocycles. The number of rotatable bonds is 10. The van der Waals surface area contributed by atoms with E-state index in [1.54, 1.807) is 37.3 Å². The molecule has 0 aliphatic heterocycles. The zero-order chi connectivity index (χ0) is 22.8. The van der Waals surface area contributed by atoms with Crippen LogP contribution in [0.25, 0.3) is 10.8 Å². The molecule has 0 aromatic heterocycles. The average molecular weight is 434 g/mol. The van der Waals surface area contributed by atoms with Gasteiger partial charge in [0.1, 0.15) is 11.5 Å². The van der Waals surface area contributed by atoms with Crippen LogP contribution in [0.5, 0.6) is 11.5 Å². The fraction of sp³-hybridized carbons (Fsp3) is 0.240. The molecule has 0 aliphatic rings. The van der Waals surface area contributed by atoms with Gasteiger partial charge in [-0.2, -0.15) is 5.10 Å². The molecular formula is C25H26N2O5. The molecule has 3 rings (SSSR count). The second kappa shape index (κ2) is 11.5. The predicted molar refractivity (Wildman–Crippen MR) is 123 cm³/mol. The van der Waals surface area contributed by atoms with Gasteiger partial charge in [0.25, 0.3) is 5.91 Å². The van der Waals surface area contributed by atoms with Gasteiger partial charge in [-0.3, -0.25) is 4.79 Å². The maximum atomic E-state index is 12.4. The van der Waals surface area contributed by atoms with Gasteiger partial charge in [-0.1, -0.05) is 37.3 Å². The number of nitrogens with zero attached hydrogens (tertiary/aromatic N) is 1. The number of ether oxygens (including phenoxy) is 3. The number of amides is 1. The molecule has 0 unspecified atom stereocenters. The van der Waals surface area contributed by atoms with Crippen LogP contribution in [0, 0.1) is 0 Å². The summed E-state index contributed by atoms with van der Waals surface area (Å²) in [6.45, 7) is 4.46. The Morgan fingerprint density at radius 3 is 2.50 bits per heavy atom. The molecular weight excluding hydrogens is 408 g/mol. The maximum absolute atomic E-state index is 12.4. The zero-order valence-electron chi connectivity index (χ0n) is 18.2. The van der Waals surface area contributed by atoms with Gasteiger partial charge in [0.05, 0.1) is 19.4 Å². The van der Waals surface area contributed by atoms with Crippen LogP contribution in [0.15, 0.2) is 65.8 Å². The summed E-state index contributed by atoms with van der Waals surface area (Å²) in [6.07, 6.45) is 2.43. The van der Waals surface area contributed by atoms with Crippen molar-refractivity contribution >= 4 is 28.9 Å². The van der Waals surface area contributed by atoms with E-state index in [-0.39, 0.29) is 19.1 Å². The van der Waals surface area contributed by atoms with Crippen LogP contribution in [-0.4, -0.2) is 37.9 Å². The number of benzene rings is 3. The van der Waals surface area contributed by atoms with Crippen molar-refractivity contribution in [1.29, 1.82) is 0 Å². The van der Waals surface area contributed by atoms with E-state index in [0.29, 0.717) is 29.2 Å². The molecule has 0 fully saturated rings. The Kier molecular flexibility index (Phi) is 8.20. The quantitative estimate of drug-likeness (QED) is 0.292. The molecule has 0 saturated heterocycles.